The third-order valence-corrected chi connectivity index (χ3v) is 6.15. The van der Waals surface area contributed by atoms with E-state index in [9.17, 15) is 9.90 Å². The van der Waals surface area contributed by atoms with Crippen LogP contribution in [0.15, 0.2) is 48.5 Å². The fourth-order valence-corrected chi connectivity index (χ4v) is 4.65. The molecule has 2 heterocycles. The number of halogens is 1. The fraction of sp³-hybridized carbons (Fsp3) is 0.409. The molecule has 2 aliphatic heterocycles. The number of aliphatic hydroxyl groups is 1. The molecule has 1 spiro atoms. The van der Waals surface area contributed by atoms with Gasteiger partial charge in [0.05, 0.1) is 6.10 Å². The zero-order valence-corrected chi connectivity index (χ0v) is 16.3. The van der Waals surface area contributed by atoms with Crippen molar-refractivity contribution in [1.29, 1.82) is 0 Å². The first kappa shape index (κ1) is 18.5. The summed E-state index contributed by atoms with van der Waals surface area (Å²) in [6.45, 7) is 5.16. The Labute approximate surface area is 165 Å². The predicted octanol–water partition coefficient (Wildman–Crippen LogP) is 3.71. The Morgan fingerprint density at radius 3 is 2.48 bits per heavy atom. The highest BCUT2D eigenvalue weighted by atomic mass is 35.5. The second-order valence-corrected chi connectivity index (χ2v) is 8.28. The second kappa shape index (κ2) is 7.27. The lowest BCUT2D eigenvalue weighted by Crippen LogP contribution is -2.47. The van der Waals surface area contributed by atoms with Crippen molar-refractivity contribution < 1.29 is 9.90 Å². The molecule has 1 fully saturated rings. The molecule has 1 amide bonds. The van der Waals surface area contributed by atoms with Gasteiger partial charge in [-0.15, -0.1) is 0 Å². The van der Waals surface area contributed by atoms with Crippen molar-refractivity contribution >= 4 is 23.2 Å². The minimum absolute atomic E-state index is 0.00781. The maximum atomic E-state index is 13.2. The summed E-state index contributed by atoms with van der Waals surface area (Å²) in [6, 6.07) is 15.4. The topological polar surface area (TPSA) is 43.8 Å². The van der Waals surface area contributed by atoms with Gasteiger partial charge in [0.1, 0.15) is 0 Å². The van der Waals surface area contributed by atoms with E-state index < -0.39 is 0 Å². The van der Waals surface area contributed by atoms with Crippen LogP contribution in [0.25, 0.3) is 0 Å². The summed E-state index contributed by atoms with van der Waals surface area (Å²) in [5, 5.41) is 10.3. The van der Waals surface area contributed by atoms with Gasteiger partial charge in [0, 0.05) is 34.8 Å². The molecule has 2 aliphatic rings. The van der Waals surface area contributed by atoms with Crippen LogP contribution < -0.4 is 4.90 Å². The largest absolute Gasteiger partial charge is 0.392 e. The summed E-state index contributed by atoms with van der Waals surface area (Å²) in [5.74, 6) is 0.0300. The smallest absolute Gasteiger partial charge is 0.258 e. The lowest BCUT2D eigenvalue weighted by Gasteiger charge is -2.40. The van der Waals surface area contributed by atoms with Crippen molar-refractivity contribution in [3.8, 4) is 0 Å². The van der Waals surface area contributed by atoms with Crippen molar-refractivity contribution in [2.45, 2.75) is 31.3 Å². The number of aliphatic hydroxyl groups excluding tert-OH is 1. The molecular formula is C22H25ClN2O2. The number of piperidine rings is 1. The van der Waals surface area contributed by atoms with E-state index in [-0.39, 0.29) is 17.4 Å². The van der Waals surface area contributed by atoms with Gasteiger partial charge in [0.25, 0.3) is 5.91 Å². The number of β-amino-alcohol motifs (C(OH)–C–C–N with tert-alkyl or cyclic N) is 1. The van der Waals surface area contributed by atoms with Crippen LogP contribution in [0.2, 0.25) is 5.02 Å². The van der Waals surface area contributed by atoms with Crippen molar-refractivity contribution in [2.75, 3.05) is 31.1 Å². The molecule has 1 saturated heterocycles. The van der Waals surface area contributed by atoms with Crippen LogP contribution in [-0.4, -0.2) is 48.2 Å². The molecule has 2 aromatic rings. The van der Waals surface area contributed by atoms with Gasteiger partial charge in [0.2, 0.25) is 0 Å². The molecule has 1 N–H and O–H groups in total. The van der Waals surface area contributed by atoms with E-state index >= 15 is 0 Å². The summed E-state index contributed by atoms with van der Waals surface area (Å²) in [5.41, 5.74) is 2.98. The molecule has 1 atom stereocenters. The Morgan fingerprint density at radius 2 is 1.81 bits per heavy atom. The SMILES string of the molecule is CC(O)CN1CCC2(CC1)CN(C(=O)c1ccc(Cl)cc1)c1ccccc12. The molecule has 142 valence electrons. The van der Waals surface area contributed by atoms with Crippen LogP contribution in [0.1, 0.15) is 35.7 Å². The molecule has 0 aliphatic carbocycles. The number of hydrogen-bond donors (Lipinski definition) is 1. The Bertz CT molecular complexity index is 826. The number of carbonyl (C=O) groups is 1. The average Bonchev–Trinajstić information content (AvgIpc) is 2.98. The Balaban J connectivity index is 1.60. The van der Waals surface area contributed by atoms with E-state index in [2.05, 4.69) is 23.1 Å². The highest BCUT2D eigenvalue weighted by Gasteiger charge is 2.46. The number of nitrogens with zero attached hydrogens (tertiary/aromatic N) is 2. The summed E-state index contributed by atoms with van der Waals surface area (Å²) in [4.78, 5) is 17.5. The van der Waals surface area contributed by atoms with Gasteiger partial charge in [0.15, 0.2) is 0 Å². The van der Waals surface area contributed by atoms with E-state index in [4.69, 9.17) is 11.6 Å². The van der Waals surface area contributed by atoms with Gasteiger partial charge >= 0.3 is 0 Å². The molecule has 0 saturated carbocycles. The predicted molar refractivity (Wildman–Crippen MR) is 109 cm³/mol. The van der Waals surface area contributed by atoms with Gasteiger partial charge in [-0.3, -0.25) is 4.79 Å². The Hall–Kier alpha value is -1.88. The Kier molecular flexibility index (Phi) is 4.97. The number of anilines is 1. The van der Waals surface area contributed by atoms with Crippen LogP contribution in [-0.2, 0) is 5.41 Å². The van der Waals surface area contributed by atoms with Crippen LogP contribution in [0.3, 0.4) is 0 Å². The zero-order chi connectivity index (χ0) is 19.0. The number of para-hydroxylation sites is 1. The maximum Gasteiger partial charge on any atom is 0.258 e. The number of hydrogen-bond acceptors (Lipinski definition) is 3. The number of benzene rings is 2. The first-order chi connectivity index (χ1) is 13.0. The highest BCUT2D eigenvalue weighted by molar-refractivity contribution is 6.30. The zero-order valence-electron chi connectivity index (χ0n) is 15.6. The summed E-state index contributed by atoms with van der Waals surface area (Å²) >= 11 is 5.98. The molecule has 4 rings (SSSR count). The van der Waals surface area contributed by atoms with E-state index in [0.29, 0.717) is 17.1 Å². The third-order valence-electron chi connectivity index (χ3n) is 5.90. The fourth-order valence-electron chi connectivity index (χ4n) is 4.52. The molecule has 4 nitrogen and oxygen atoms in total. The second-order valence-electron chi connectivity index (χ2n) is 7.85. The van der Waals surface area contributed by atoms with E-state index in [1.807, 2.05) is 17.9 Å². The summed E-state index contributed by atoms with van der Waals surface area (Å²) < 4.78 is 0. The van der Waals surface area contributed by atoms with E-state index in [1.165, 1.54) is 5.56 Å². The number of fused-ring (bicyclic) bond motifs is 2. The normalized spacial score (nSPS) is 19.9. The molecular weight excluding hydrogens is 360 g/mol. The maximum absolute atomic E-state index is 13.2. The molecule has 2 aromatic carbocycles. The van der Waals surface area contributed by atoms with Gasteiger partial charge < -0.3 is 14.9 Å². The molecule has 1 unspecified atom stereocenters. The van der Waals surface area contributed by atoms with Gasteiger partial charge in [-0.1, -0.05) is 29.8 Å². The molecule has 0 radical (unpaired) electrons. The summed E-state index contributed by atoms with van der Waals surface area (Å²) in [6.07, 6.45) is 1.69. The summed E-state index contributed by atoms with van der Waals surface area (Å²) in [7, 11) is 0. The van der Waals surface area contributed by atoms with Crippen LogP contribution in [0.5, 0.6) is 0 Å². The molecule has 27 heavy (non-hydrogen) atoms. The van der Waals surface area contributed by atoms with Crippen molar-refractivity contribution in [1.82, 2.24) is 4.90 Å². The standard InChI is InChI=1S/C22H25ClN2O2/c1-16(26)14-24-12-10-22(11-13-24)15-25(20-5-3-2-4-19(20)22)21(27)17-6-8-18(23)9-7-17/h2-9,16,26H,10-15H2,1H3. The van der Waals surface area contributed by atoms with E-state index in [1.54, 1.807) is 24.3 Å². The van der Waals surface area contributed by atoms with Gasteiger partial charge in [-0.25, -0.2) is 0 Å². The lowest BCUT2D eigenvalue weighted by molar-refractivity contribution is 0.0904. The minimum atomic E-state index is -0.308. The van der Waals surface area contributed by atoms with Crippen molar-refractivity contribution in [3.05, 3.63) is 64.7 Å². The van der Waals surface area contributed by atoms with Crippen LogP contribution >= 0.6 is 11.6 Å². The first-order valence-electron chi connectivity index (χ1n) is 9.56. The first-order valence-corrected chi connectivity index (χ1v) is 9.94. The number of carbonyl (C=O) groups excluding carboxylic acids is 1. The highest BCUT2D eigenvalue weighted by Crippen LogP contribution is 2.47. The Morgan fingerprint density at radius 1 is 1.15 bits per heavy atom. The van der Waals surface area contributed by atoms with Crippen LogP contribution in [0.4, 0.5) is 5.69 Å². The van der Waals surface area contributed by atoms with Crippen molar-refractivity contribution in [3.63, 3.8) is 0 Å². The average molecular weight is 385 g/mol. The monoisotopic (exact) mass is 384 g/mol. The van der Waals surface area contributed by atoms with Crippen molar-refractivity contribution in [2.24, 2.45) is 0 Å². The van der Waals surface area contributed by atoms with Gasteiger partial charge in [-0.2, -0.15) is 0 Å². The molecule has 0 aromatic heterocycles. The minimum Gasteiger partial charge on any atom is -0.392 e. The lowest BCUT2D eigenvalue weighted by atomic mass is 9.74. The van der Waals surface area contributed by atoms with E-state index in [0.717, 1.165) is 38.2 Å². The molecule has 5 heteroatoms. The van der Waals surface area contributed by atoms with Gasteiger partial charge in [-0.05, 0) is 68.8 Å². The number of likely N-dealkylation sites (tertiary alicyclic amines) is 1. The molecule has 0 bridgehead atoms. The third kappa shape index (κ3) is 3.49. The number of amides is 1. The quantitative estimate of drug-likeness (QED) is 0.877. The number of rotatable bonds is 3. The van der Waals surface area contributed by atoms with Crippen LogP contribution in [0, 0.1) is 0 Å².